The first-order valence-electron chi connectivity index (χ1n) is 9.27. The molecular formula is C18H16Br2ClN5O4S2. The van der Waals surface area contributed by atoms with Gasteiger partial charge in [0.25, 0.3) is 19.1 Å². The van der Waals surface area contributed by atoms with E-state index < -0.39 is 19.1 Å². The van der Waals surface area contributed by atoms with Gasteiger partial charge in [-0.1, -0.05) is 0 Å². The van der Waals surface area contributed by atoms with Gasteiger partial charge in [-0.3, -0.25) is 8.80 Å². The largest absolute Gasteiger partial charge is 0.288 e. The van der Waals surface area contributed by atoms with Crippen molar-refractivity contribution in [3.05, 3.63) is 58.0 Å². The highest BCUT2D eigenvalue weighted by Gasteiger charge is 2.29. The average molecular weight is 626 g/mol. The number of nitrogens with zero attached hydrogens (tertiary/aromatic N) is 5. The van der Waals surface area contributed by atoms with Gasteiger partial charge in [0, 0.05) is 45.1 Å². The molecule has 0 saturated carbocycles. The predicted molar refractivity (Wildman–Crippen MR) is 127 cm³/mol. The Kier molecular flexibility index (Phi) is 6.67. The molecule has 0 bridgehead atoms. The van der Waals surface area contributed by atoms with Crippen LogP contribution >= 0.6 is 42.5 Å². The second kappa shape index (κ2) is 9.03. The van der Waals surface area contributed by atoms with E-state index in [1.165, 1.54) is 21.1 Å². The molecule has 32 heavy (non-hydrogen) atoms. The lowest BCUT2D eigenvalue weighted by atomic mass is 10.4. The third-order valence-corrected chi connectivity index (χ3v) is 8.88. The van der Waals surface area contributed by atoms with Crippen LogP contribution in [-0.4, -0.2) is 53.0 Å². The summed E-state index contributed by atoms with van der Waals surface area (Å²) in [5.41, 5.74) is 1.17. The summed E-state index contributed by atoms with van der Waals surface area (Å²) in [6, 6.07) is 7.09. The van der Waals surface area contributed by atoms with E-state index >= 15 is 0 Å². The van der Waals surface area contributed by atoms with Gasteiger partial charge in [0.2, 0.25) is 0 Å². The molecule has 9 nitrogen and oxygen atoms in total. The van der Waals surface area contributed by atoms with Crippen LogP contribution in [0, 0.1) is 0 Å². The van der Waals surface area contributed by atoms with Crippen LogP contribution in [0.2, 0.25) is 0 Å². The second-order valence-electron chi connectivity index (χ2n) is 6.89. The third kappa shape index (κ3) is 4.73. The van der Waals surface area contributed by atoms with Crippen molar-refractivity contribution in [3.63, 3.8) is 0 Å². The van der Waals surface area contributed by atoms with Crippen molar-refractivity contribution >= 4 is 72.9 Å². The molecule has 1 fully saturated rings. The number of fused-ring (bicyclic) bond motifs is 2. The fourth-order valence-electron chi connectivity index (χ4n) is 3.30. The highest BCUT2D eigenvalue weighted by molar-refractivity contribution is 9.10. The molecule has 4 aromatic rings. The van der Waals surface area contributed by atoms with Crippen LogP contribution in [0.1, 0.15) is 12.8 Å². The molecule has 1 saturated heterocycles. The number of hydrogen-bond acceptors (Lipinski definition) is 6. The number of imidazole rings is 2. The maximum Gasteiger partial charge on any atom is 0.278 e. The highest BCUT2D eigenvalue weighted by atomic mass is 79.9. The summed E-state index contributed by atoms with van der Waals surface area (Å²) >= 11 is 6.58. The lowest BCUT2D eigenvalue weighted by Gasteiger charge is -2.14. The van der Waals surface area contributed by atoms with E-state index in [1.54, 1.807) is 35.0 Å². The second-order valence-corrected chi connectivity index (χ2v) is 13.1. The Bertz CT molecular complexity index is 1510. The average Bonchev–Trinajstić information content (AvgIpc) is 3.46. The Balaban J connectivity index is 0.000000158. The normalized spacial score (nSPS) is 15.2. The molecule has 0 atom stereocenters. The smallest absolute Gasteiger partial charge is 0.278 e. The number of aromatic nitrogens is 4. The molecule has 5 heterocycles. The summed E-state index contributed by atoms with van der Waals surface area (Å²) in [7, 11) is -1.95. The van der Waals surface area contributed by atoms with Crippen molar-refractivity contribution in [1.82, 2.24) is 23.1 Å². The molecule has 0 aliphatic carbocycles. The monoisotopic (exact) mass is 623 g/mol. The molecule has 14 heteroatoms. The Labute approximate surface area is 205 Å². The van der Waals surface area contributed by atoms with E-state index in [1.807, 2.05) is 6.07 Å². The maximum atomic E-state index is 12.5. The summed E-state index contributed by atoms with van der Waals surface area (Å²) in [4.78, 5) is 8.04. The van der Waals surface area contributed by atoms with E-state index in [9.17, 15) is 16.8 Å². The molecule has 0 aromatic carbocycles. The summed E-state index contributed by atoms with van der Waals surface area (Å²) < 4.78 is 53.3. The SMILES string of the molecule is O=S(=O)(Cl)c1cnc2ccc(Br)cn12.O=S(=O)(c1cnc2ccc(Br)cn12)N1CCCC1. The van der Waals surface area contributed by atoms with Crippen LogP contribution in [0.4, 0.5) is 0 Å². The maximum absolute atomic E-state index is 12.5. The quantitative estimate of drug-likeness (QED) is 0.320. The van der Waals surface area contributed by atoms with Crippen LogP contribution in [-0.2, 0) is 19.1 Å². The van der Waals surface area contributed by atoms with Crippen LogP contribution in [0.15, 0.2) is 68.1 Å². The Morgan fingerprint density at radius 3 is 1.75 bits per heavy atom. The van der Waals surface area contributed by atoms with Gasteiger partial charge in [-0.2, -0.15) is 4.31 Å². The number of sulfonamides is 1. The molecule has 4 aromatic heterocycles. The van der Waals surface area contributed by atoms with E-state index in [0.717, 1.165) is 21.8 Å². The van der Waals surface area contributed by atoms with E-state index in [-0.39, 0.29) is 10.1 Å². The van der Waals surface area contributed by atoms with Gasteiger partial charge in [-0.25, -0.2) is 26.8 Å². The number of halogens is 3. The molecular weight excluding hydrogens is 610 g/mol. The van der Waals surface area contributed by atoms with Crippen molar-refractivity contribution in [1.29, 1.82) is 0 Å². The van der Waals surface area contributed by atoms with Crippen LogP contribution in [0.25, 0.3) is 11.3 Å². The lowest BCUT2D eigenvalue weighted by molar-refractivity contribution is 0.473. The molecule has 170 valence electrons. The number of pyridine rings is 2. The van der Waals surface area contributed by atoms with E-state index in [4.69, 9.17) is 10.7 Å². The highest BCUT2D eigenvalue weighted by Crippen LogP contribution is 2.23. The minimum atomic E-state index is -3.75. The summed E-state index contributed by atoms with van der Waals surface area (Å²) in [5.74, 6) is 0. The fourth-order valence-corrected chi connectivity index (χ4v) is 6.46. The molecule has 0 amide bonds. The first kappa shape index (κ1) is 23.6. The van der Waals surface area contributed by atoms with Crippen molar-refractivity contribution in [2.45, 2.75) is 22.9 Å². The van der Waals surface area contributed by atoms with Gasteiger partial charge in [0.15, 0.2) is 10.1 Å². The van der Waals surface area contributed by atoms with Gasteiger partial charge in [0.05, 0.1) is 12.4 Å². The standard InChI is InChI=1S/C11H12BrN3O2S.C7H4BrClN2O2S/c12-9-3-4-10-13-7-11(15(10)8-9)18(16,17)14-5-1-2-6-14;8-5-1-2-6-10-3-7(11(6)4-5)14(9,12)13/h3-4,7-8H,1-2,5-6H2;1-4H. The summed E-state index contributed by atoms with van der Waals surface area (Å²) in [6.45, 7) is 1.20. The van der Waals surface area contributed by atoms with E-state index in [2.05, 4.69) is 41.8 Å². The summed E-state index contributed by atoms with van der Waals surface area (Å²) in [6.07, 6.45) is 7.84. The number of hydrogen-bond donors (Lipinski definition) is 0. The molecule has 5 rings (SSSR count). The topological polar surface area (TPSA) is 106 Å². The lowest BCUT2D eigenvalue weighted by Crippen LogP contribution is -2.28. The minimum absolute atomic E-state index is 0.0320. The summed E-state index contributed by atoms with van der Waals surface area (Å²) in [5, 5.41) is 0.205. The molecule has 0 radical (unpaired) electrons. The van der Waals surface area contributed by atoms with Crippen molar-refractivity contribution < 1.29 is 16.8 Å². The van der Waals surface area contributed by atoms with Crippen LogP contribution in [0.5, 0.6) is 0 Å². The molecule has 1 aliphatic heterocycles. The minimum Gasteiger partial charge on any atom is -0.288 e. The first-order chi connectivity index (χ1) is 15.1. The van der Waals surface area contributed by atoms with Crippen molar-refractivity contribution in [3.8, 4) is 0 Å². The molecule has 0 unspecified atom stereocenters. The first-order valence-corrected chi connectivity index (χ1v) is 14.6. The van der Waals surface area contributed by atoms with Crippen LogP contribution < -0.4 is 0 Å². The van der Waals surface area contributed by atoms with Gasteiger partial charge in [-0.15, -0.1) is 0 Å². The van der Waals surface area contributed by atoms with Gasteiger partial charge in [0.1, 0.15) is 11.3 Å². The van der Waals surface area contributed by atoms with Gasteiger partial charge in [-0.05, 0) is 69.0 Å². The Morgan fingerprint density at radius 2 is 1.25 bits per heavy atom. The fraction of sp³-hybridized carbons (Fsp3) is 0.222. The van der Waals surface area contributed by atoms with Crippen molar-refractivity contribution in [2.24, 2.45) is 0 Å². The van der Waals surface area contributed by atoms with Crippen molar-refractivity contribution in [2.75, 3.05) is 13.1 Å². The molecule has 1 aliphatic rings. The van der Waals surface area contributed by atoms with Crippen LogP contribution in [0.3, 0.4) is 0 Å². The zero-order valence-corrected chi connectivity index (χ0v) is 21.8. The van der Waals surface area contributed by atoms with Gasteiger partial charge >= 0.3 is 0 Å². The Morgan fingerprint density at radius 1 is 0.781 bits per heavy atom. The van der Waals surface area contributed by atoms with Gasteiger partial charge < -0.3 is 0 Å². The molecule has 0 spiro atoms. The number of rotatable bonds is 3. The molecule has 0 N–H and O–H groups in total. The zero-order valence-electron chi connectivity index (χ0n) is 16.3. The third-order valence-electron chi connectivity index (χ3n) is 4.79. The predicted octanol–water partition coefficient (Wildman–Crippen LogP) is 3.91. The Hall–Kier alpha value is -1.51. The zero-order chi connectivity index (χ0) is 23.1. The van der Waals surface area contributed by atoms with E-state index in [0.29, 0.717) is 24.4 Å².